The molecule has 308 valence electrons. The Hall–Kier alpha value is -5.95. The van der Waals surface area contributed by atoms with Crippen molar-refractivity contribution < 1.29 is 48.0 Å². The Balaban J connectivity index is 1.00. The number of carbonyl (C=O) groups is 5. The molecular formula is C40H47N7O11. The molecule has 3 atom stereocenters. The number of ether oxygens (including phenoxy) is 4. The van der Waals surface area contributed by atoms with Crippen LogP contribution in [0.1, 0.15) is 18.4 Å². The average Bonchev–Trinajstić information content (AvgIpc) is 3.45. The van der Waals surface area contributed by atoms with Gasteiger partial charge in [0.1, 0.15) is 29.3 Å². The van der Waals surface area contributed by atoms with Crippen molar-refractivity contribution >= 4 is 46.2 Å². The molecule has 2 aromatic heterocycles. The predicted octanol–water partition coefficient (Wildman–Crippen LogP) is 0.824. The summed E-state index contributed by atoms with van der Waals surface area (Å²) in [6, 6.07) is 4.48. The zero-order valence-electron chi connectivity index (χ0n) is 33.0. The Morgan fingerprint density at radius 3 is 2.33 bits per heavy atom. The fourth-order valence-corrected chi connectivity index (χ4v) is 7.50. The number of fused-ring (bicyclic) bond motifs is 2. The van der Waals surface area contributed by atoms with Crippen LogP contribution in [0.2, 0.25) is 0 Å². The minimum absolute atomic E-state index is 0.0143. The van der Waals surface area contributed by atoms with Crippen molar-refractivity contribution in [1.82, 2.24) is 30.0 Å². The van der Waals surface area contributed by atoms with Gasteiger partial charge in [0.2, 0.25) is 17.7 Å². The summed E-state index contributed by atoms with van der Waals surface area (Å²) < 4.78 is 24.4. The lowest BCUT2D eigenvalue weighted by Crippen LogP contribution is -2.61. The SMILES string of the molecule is COc1cc(-c2cn(C)c(=O)c3cnc(NCCOCCOCCNC4(C(=O)O)C=CC=C5C(=O)N(C6CCC(=O)NC6=O)C(=O)C54)cc23)cc(OC)c1CN(C)C. The van der Waals surface area contributed by atoms with Crippen molar-refractivity contribution in [2.24, 2.45) is 13.0 Å². The van der Waals surface area contributed by atoms with Crippen molar-refractivity contribution in [3.05, 3.63) is 70.3 Å². The number of carboxylic acids is 1. The van der Waals surface area contributed by atoms with Gasteiger partial charge in [0.25, 0.3) is 11.5 Å². The van der Waals surface area contributed by atoms with Gasteiger partial charge in [-0.3, -0.25) is 39.5 Å². The molecule has 1 aromatic carbocycles. The highest BCUT2D eigenvalue weighted by Crippen LogP contribution is 2.41. The third-order valence-corrected chi connectivity index (χ3v) is 10.3. The average molecular weight is 802 g/mol. The lowest BCUT2D eigenvalue weighted by molar-refractivity contribution is -0.154. The maximum absolute atomic E-state index is 13.6. The Kier molecular flexibility index (Phi) is 12.7. The van der Waals surface area contributed by atoms with E-state index in [1.54, 1.807) is 33.7 Å². The number of anilines is 1. The Morgan fingerprint density at radius 1 is 1.00 bits per heavy atom. The van der Waals surface area contributed by atoms with Gasteiger partial charge >= 0.3 is 5.97 Å². The molecule has 2 saturated heterocycles. The molecule has 3 aliphatic rings. The fraction of sp³-hybridized carbons (Fsp3) is 0.425. The second-order valence-corrected chi connectivity index (χ2v) is 14.3. The van der Waals surface area contributed by atoms with Gasteiger partial charge in [-0.1, -0.05) is 18.2 Å². The molecule has 58 heavy (non-hydrogen) atoms. The van der Waals surface area contributed by atoms with Crippen molar-refractivity contribution in [2.75, 3.05) is 73.1 Å². The van der Waals surface area contributed by atoms with E-state index in [0.717, 1.165) is 21.6 Å². The monoisotopic (exact) mass is 801 g/mol. The van der Waals surface area contributed by atoms with E-state index >= 15 is 0 Å². The van der Waals surface area contributed by atoms with Gasteiger partial charge in [0.05, 0.1) is 51.6 Å². The number of pyridine rings is 2. The number of benzene rings is 1. The number of piperidine rings is 1. The van der Waals surface area contributed by atoms with E-state index in [2.05, 4.69) is 20.9 Å². The second-order valence-electron chi connectivity index (χ2n) is 14.3. The van der Waals surface area contributed by atoms with Gasteiger partial charge in [0, 0.05) is 62.0 Å². The lowest BCUT2D eigenvalue weighted by atomic mass is 9.76. The molecule has 0 radical (unpaired) electrons. The van der Waals surface area contributed by atoms with Crippen molar-refractivity contribution in [1.29, 1.82) is 0 Å². The summed E-state index contributed by atoms with van der Waals surface area (Å²) in [6.07, 6.45) is 7.30. The highest BCUT2D eigenvalue weighted by Gasteiger charge is 2.60. The van der Waals surface area contributed by atoms with Crippen LogP contribution in [0.25, 0.3) is 21.9 Å². The van der Waals surface area contributed by atoms with E-state index in [9.17, 15) is 33.9 Å². The van der Waals surface area contributed by atoms with Crippen LogP contribution in [-0.4, -0.2) is 133 Å². The summed E-state index contributed by atoms with van der Waals surface area (Å²) in [6.45, 7) is 1.80. The minimum Gasteiger partial charge on any atom is -0.496 e. The van der Waals surface area contributed by atoms with E-state index in [1.807, 2.05) is 37.2 Å². The number of rotatable bonds is 18. The van der Waals surface area contributed by atoms with Crippen molar-refractivity contribution in [3.63, 3.8) is 0 Å². The number of hydrogen-bond acceptors (Lipinski definition) is 14. The summed E-state index contributed by atoms with van der Waals surface area (Å²) in [4.78, 5) is 83.9. The highest BCUT2D eigenvalue weighted by molar-refractivity contribution is 6.20. The van der Waals surface area contributed by atoms with Crippen molar-refractivity contribution in [2.45, 2.75) is 31.0 Å². The lowest BCUT2D eigenvalue weighted by Gasteiger charge is -2.34. The molecule has 18 nitrogen and oxygen atoms in total. The summed E-state index contributed by atoms with van der Waals surface area (Å²) in [5.74, 6) is -3.81. The molecular weight excluding hydrogens is 754 g/mol. The van der Waals surface area contributed by atoms with Crippen LogP contribution in [0.5, 0.6) is 11.5 Å². The number of aliphatic carboxylic acids is 1. The number of likely N-dealkylation sites (tertiary alicyclic amines) is 1. The molecule has 3 aromatic rings. The first-order valence-electron chi connectivity index (χ1n) is 18.7. The van der Waals surface area contributed by atoms with Crippen LogP contribution < -0.4 is 31.0 Å². The first-order chi connectivity index (χ1) is 27.8. The van der Waals surface area contributed by atoms with Gasteiger partial charge < -0.3 is 38.8 Å². The number of nitrogens with zero attached hydrogens (tertiary/aromatic N) is 4. The van der Waals surface area contributed by atoms with E-state index in [-0.39, 0.29) is 50.3 Å². The fourth-order valence-electron chi connectivity index (χ4n) is 7.50. The number of amides is 4. The normalized spacial score (nSPS) is 20.4. The van der Waals surface area contributed by atoms with Crippen molar-refractivity contribution in [3.8, 4) is 22.6 Å². The maximum Gasteiger partial charge on any atom is 0.329 e. The summed E-state index contributed by atoms with van der Waals surface area (Å²) >= 11 is 0. The molecule has 0 spiro atoms. The Morgan fingerprint density at radius 2 is 1.69 bits per heavy atom. The number of carbonyl (C=O) groups excluding carboxylic acids is 4. The molecule has 3 unspecified atom stereocenters. The number of aromatic nitrogens is 2. The van der Waals surface area contributed by atoms with E-state index < -0.39 is 47.1 Å². The molecule has 18 heteroatoms. The van der Waals surface area contributed by atoms with Crippen LogP contribution in [0.15, 0.2) is 59.2 Å². The molecule has 0 saturated carbocycles. The Labute approximate surface area is 333 Å². The number of imide groups is 2. The number of methoxy groups -OCH3 is 2. The van der Waals surface area contributed by atoms with Gasteiger partial charge in [-0.2, -0.15) is 0 Å². The molecule has 4 heterocycles. The summed E-state index contributed by atoms with van der Waals surface area (Å²) in [5.41, 5.74) is 0.306. The zero-order chi connectivity index (χ0) is 41.7. The second kappa shape index (κ2) is 17.7. The summed E-state index contributed by atoms with van der Waals surface area (Å²) in [5, 5.41) is 19.7. The van der Waals surface area contributed by atoms with Crippen LogP contribution >= 0.6 is 0 Å². The molecule has 2 aliphatic heterocycles. The smallest absolute Gasteiger partial charge is 0.329 e. The first-order valence-corrected chi connectivity index (χ1v) is 18.7. The standard InChI is InChI=1S/C40H47N7O11/c1-45(2)21-28-30(55-4)17-23(18-31(28)56-5)27-22-46(3)36(50)26-20-42-32(19-25(26)27)41-11-13-57-15-16-58-14-12-43-40(39(53)54)10-6-7-24-34(40)38(52)47(37(24)51)29-8-9-33(48)44-35(29)49/h6-7,10,17-20,22,29,34,43H,8-9,11-16,21H2,1-5H3,(H,41,42)(H,53,54)(H,44,48,49). The number of carboxylic acid groups (broad SMARTS) is 1. The number of allylic oxidation sites excluding steroid dienone is 2. The highest BCUT2D eigenvalue weighted by atomic mass is 16.5. The third kappa shape index (κ3) is 8.22. The number of nitrogens with one attached hydrogen (secondary N) is 3. The van der Waals surface area contributed by atoms with Crippen LogP contribution in [0.3, 0.4) is 0 Å². The zero-order valence-corrected chi connectivity index (χ0v) is 33.0. The molecule has 2 fully saturated rings. The number of aryl methyl sites for hydroxylation is 1. The quantitative estimate of drug-likeness (QED) is 0.103. The van der Waals surface area contributed by atoms with Gasteiger partial charge in [-0.25, -0.2) is 9.78 Å². The van der Waals surface area contributed by atoms with Gasteiger partial charge in [0.15, 0.2) is 5.54 Å². The van der Waals surface area contributed by atoms with E-state index in [1.165, 1.54) is 22.8 Å². The Bertz CT molecular complexity index is 2230. The van der Waals surface area contributed by atoms with E-state index in [0.29, 0.717) is 47.8 Å². The van der Waals surface area contributed by atoms with Crippen LogP contribution in [0, 0.1) is 5.92 Å². The molecule has 1 aliphatic carbocycles. The third-order valence-electron chi connectivity index (χ3n) is 10.3. The molecule has 4 amide bonds. The first kappa shape index (κ1) is 41.7. The summed E-state index contributed by atoms with van der Waals surface area (Å²) in [7, 11) is 8.84. The molecule has 0 bridgehead atoms. The predicted molar refractivity (Wildman–Crippen MR) is 210 cm³/mol. The largest absolute Gasteiger partial charge is 0.496 e. The molecule has 4 N–H and O–H groups in total. The van der Waals surface area contributed by atoms with E-state index in [4.69, 9.17) is 18.9 Å². The topological polar surface area (TPSA) is 220 Å². The van der Waals surface area contributed by atoms with Gasteiger partial charge in [-0.05, 0) is 44.3 Å². The maximum atomic E-state index is 13.6. The minimum atomic E-state index is -1.96. The number of hydrogen-bond donors (Lipinski definition) is 4. The van der Waals surface area contributed by atoms with Gasteiger partial charge in [-0.15, -0.1) is 0 Å². The molecule has 6 rings (SSSR count). The van der Waals surface area contributed by atoms with Crippen LogP contribution in [-0.2, 0) is 47.0 Å². The van der Waals surface area contributed by atoms with Crippen LogP contribution in [0.4, 0.5) is 5.82 Å².